The van der Waals surface area contributed by atoms with Crippen LogP contribution in [0.25, 0.3) is 33.7 Å². The number of piperidine rings is 1. The average molecular weight is 1180 g/mol. The van der Waals surface area contributed by atoms with E-state index in [1.165, 1.54) is 10.5 Å². The van der Waals surface area contributed by atoms with Gasteiger partial charge in [-0.2, -0.15) is 33.2 Å². The first kappa shape index (κ1) is 62.0. The van der Waals surface area contributed by atoms with Gasteiger partial charge in [0.1, 0.15) is 12.1 Å². The Morgan fingerprint density at radius 3 is 1.83 bits per heavy atom. The first-order valence-corrected chi connectivity index (χ1v) is 28.1. The third kappa shape index (κ3) is 16.2. The van der Waals surface area contributed by atoms with Gasteiger partial charge in [-0.05, 0) is 118 Å². The lowest BCUT2D eigenvalue weighted by Gasteiger charge is -2.37. The number of halogens is 4. The van der Waals surface area contributed by atoms with E-state index in [2.05, 4.69) is 76.9 Å². The van der Waals surface area contributed by atoms with Gasteiger partial charge in [-0.1, -0.05) is 32.1 Å². The molecule has 0 aliphatic carbocycles. The number of carbonyl (C=O) groups is 3. The van der Waals surface area contributed by atoms with E-state index in [1.807, 2.05) is 87.6 Å². The number of anilines is 4. The summed E-state index contributed by atoms with van der Waals surface area (Å²) in [6.07, 6.45) is 12.8. The third-order valence-electron chi connectivity index (χ3n) is 14.6. The van der Waals surface area contributed by atoms with Crippen molar-refractivity contribution in [2.45, 2.75) is 104 Å². The Kier molecular flexibility index (Phi) is 20.0. The highest BCUT2D eigenvalue weighted by Crippen LogP contribution is 2.30. The van der Waals surface area contributed by atoms with E-state index in [1.54, 1.807) is 41.7 Å². The second-order valence-corrected chi connectivity index (χ2v) is 22.5. The maximum Gasteiger partial charge on any atom is 0.410 e. The molecule has 1 fully saturated rings. The monoisotopic (exact) mass is 1180 g/mol. The molecule has 7 aromatic rings. The molecule has 84 heavy (non-hydrogen) atoms. The first-order chi connectivity index (χ1) is 39.6. The first-order valence-electron chi connectivity index (χ1n) is 28.1. The van der Waals surface area contributed by atoms with Crippen LogP contribution in [0.5, 0.6) is 0 Å². The lowest BCUT2D eigenvalue weighted by molar-refractivity contribution is -0.148. The molecule has 23 nitrogen and oxygen atoms in total. The molecule has 7 aromatic heterocycles. The van der Waals surface area contributed by atoms with Crippen LogP contribution >= 0.6 is 12.4 Å². The fourth-order valence-electron chi connectivity index (χ4n) is 10.5. The fourth-order valence-corrected chi connectivity index (χ4v) is 10.5. The summed E-state index contributed by atoms with van der Waals surface area (Å²) in [7, 11) is 1.87. The van der Waals surface area contributed by atoms with Crippen LogP contribution in [0.4, 0.5) is 41.5 Å². The van der Waals surface area contributed by atoms with Gasteiger partial charge in [0.05, 0.1) is 18.3 Å². The van der Waals surface area contributed by atoms with E-state index in [0.717, 1.165) is 97.5 Å². The summed E-state index contributed by atoms with van der Waals surface area (Å²) in [6, 6.07) is 11.9. The molecular formula is C57H75ClF3N19O4. The predicted octanol–water partition coefficient (Wildman–Crippen LogP) is 7.65. The number of hydrogen-bond donors (Lipinski definition) is 4. The molecular weight excluding hydrogens is 1110 g/mol. The number of carbonyl (C=O) groups excluding carboxylic acids is 3. The van der Waals surface area contributed by atoms with Gasteiger partial charge < -0.3 is 46.4 Å². The second kappa shape index (κ2) is 27.1. The molecule has 1 saturated heterocycles. The normalized spacial score (nSPS) is 16.2. The molecule has 0 spiro atoms. The summed E-state index contributed by atoms with van der Waals surface area (Å²) < 4.78 is 49.6. The quantitative estimate of drug-likeness (QED) is 0.0916. The number of aromatic nitrogens is 11. The molecule has 4 aliphatic heterocycles. The Bertz CT molecular complexity index is 3510. The summed E-state index contributed by atoms with van der Waals surface area (Å²) >= 11 is 0. The van der Waals surface area contributed by atoms with Crippen molar-refractivity contribution in [2.75, 3.05) is 82.7 Å². The Morgan fingerprint density at radius 2 is 1.32 bits per heavy atom. The van der Waals surface area contributed by atoms with Crippen LogP contribution in [0, 0.1) is 5.92 Å². The summed E-state index contributed by atoms with van der Waals surface area (Å²) in [5.41, 5.74) is 20.0. The topological polar surface area (TPSA) is 258 Å². The molecule has 3 amide bonds. The number of fused-ring (bicyclic) bond motifs is 3. The molecule has 0 bridgehead atoms. The molecule has 0 aromatic carbocycles. The molecule has 27 heteroatoms. The highest BCUT2D eigenvalue weighted by Gasteiger charge is 2.31. The highest BCUT2D eigenvalue weighted by molar-refractivity contribution is 5.85. The number of likely N-dealkylation sites (N-methyl/N-ethyl adjacent to an activating group) is 1. The molecule has 450 valence electrons. The van der Waals surface area contributed by atoms with E-state index in [-0.39, 0.29) is 49.5 Å². The van der Waals surface area contributed by atoms with Gasteiger partial charge in [-0.25, -0.2) is 18.3 Å². The number of rotatable bonds is 12. The van der Waals surface area contributed by atoms with Crippen molar-refractivity contribution in [3.63, 3.8) is 0 Å². The molecule has 11 rings (SSSR count). The largest absolute Gasteiger partial charge is 0.444 e. The fraction of sp³-hybridized carbons (Fsp3) is 0.474. The van der Waals surface area contributed by atoms with Crippen molar-refractivity contribution < 1.29 is 32.3 Å². The minimum atomic E-state index is -4.35. The van der Waals surface area contributed by atoms with Gasteiger partial charge in [0.2, 0.25) is 29.7 Å². The van der Waals surface area contributed by atoms with Crippen molar-refractivity contribution in [1.82, 2.24) is 78.5 Å². The minimum Gasteiger partial charge on any atom is -0.444 e. The molecule has 11 heterocycles. The number of ether oxygens (including phenoxy) is 1. The van der Waals surface area contributed by atoms with E-state index >= 15 is 0 Å². The molecule has 0 radical (unpaired) electrons. The maximum atomic E-state index is 13.0. The Labute approximate surface area is 491 Å². The van der Waals surface area contributed by atoms with E-state index < -0.39 is 30.5 Å². The van der Waals surface area contributed by atoms with Crippen molar-refractivity contribution in [1.29, 1.82) is 0 Å². The highest BCUT2D eigenvalue weighted by atomic mass is 35.5. The molecule has 0 unspecified atom stereocenters. The Balaban J connectivity index is 0.000000190. The summed E-state index contributed by atoms with van der Waals surface area (Å²) in [5.74, 6) is 1.08. The number of nitrogens with zero attached hydrogens (tertiary/aromatic N) is 15. The van der Waals surface area contributed by atoms with Crippen LogP contribution in [0.15, 0.2) is 85.6 Å². The van der Waals surface area contributed by atoms with Crippen LogP contribution < -0.4 is 22.1 Å². The standard InChI is InChI=1S/C30H40F3N9O2.C16H21N5O2.C11H13N5.ClH/c1-21(2)18-39-13-9-24(10-14-39)38(3)27(44)20-41-19-23(17-34-41)35-29-36-28-25(5-4-12-42(28)37-29)22-7-15-40(16-8-22)26(43)6-11-30(31,32)33;1-16(2,3)23-15(22)20-9-6-11(7-10-20)12-5-4-8-21-13(12)18-14(17)19-21;12-11-14-10-9(2-1-7-16(10)15-11)8-3-5-13-6-4-8;/h4-5,7,12,17,19,21,24H,6,8-11,13-16,18,20H2,1-3H3,(H,35,37);4-6,8H,7,9-10H2,1-3H3,(H2,17,19);1-3,7,13H,4-6H2,(H2,12,15);1H. The number of nitrogens with two attached hydrogens (primary N) is 2. The lowest BCUT2D eigenvalue weighted by Crippen LogP contribution is -2.47. The summed E-state index contributed by atoms with van der Waals surface area (Å²) in [5, 5.41) is 23.6. The van der Waals surface area contributed by atoms with E-state index in [4.69, 9.17) is 16.2 Å². The van der Waals surface area contributed by atoms with Crippen LogP contribution in [0.1, 0.15) is 96.3 Å². The molecule has 6 N–H and O–H groups in total. The van der Waals surface area contributed by atoms with Gasteiger partial charge in [-0.15, -0.1) is 27.7 Å². The SMILES string of the molecule is CC(C)(C)OC(=O)N1CC=C(c2cccn3nc(N)nc23)CC1.CC(C)CN1CCC(N(C)C(=O)Cn2cc(Nc3nc4c(C5=CCN(C(=O)CCC(F)(F)F)CC5)cccn4n3)cn2)CC1.Cl.Nc1nc2c(C3=CCNCC3)cccn2n1. The third-order valence-corrected chi connectivity index (χ3v) is 14.6. The summed E-state index contributed by atoms with van der Waals surface area (Å²) in [6.45, 7) is 16.9. The Morgan fingerprint density at radius 1 is 0.774 bits per heavy atom. The van der Waals surface area contributed by atoms with Gasteiger partial charge in [0.25, 0.3) is 0 Å². The predicted molar refractivity (Wildman–Crippen MR) is 318 cm³/mol. The zero-order chi connectivity index (χ0) is 59.0. The van der Waals surface area contributed by atoms with Crippen molar-refractivity contribution in [2.24, 2.45) is 5.92 Å². The van der Waals surface area contributed by atoms with Gasteiger partial charge in [0.15, 0.2) is 16.9 Å². The number of likely N-dealkylation sites (tertiary alicyclic amines) is 1. The average Bonchev–Trinajstić information content (AvgIpc) is 3.96. The number of alkyl halides is 3. The van der Waals surface area contributed by atoms with Gasteiger partial charge in [-0.3, -0.25) is 14.3 Å². The molecule has 4 aliphatic rings. The van der Waals surface area contributed by atoms with Gasteiger partial charge >= 0.3 is 12.3 Å². The van der Waals surface area contributed by atoms with Crippen molar-refractivity contribution in [3.8, 4) is 0 Å². The van der Waals surface area contributed by atoms with Crippen LogP contribution in [-0.2, 0) is 20.9 Å². The van der Waals surface area contributed by atoms with Crippen LogP contribution in [-0.4, -0.2) is 175 Å². The Hall–Kier alpha value is -8.10. The number of nitrogens with one attached hydrogen (secondary N) is 2. The van der Waals surface area contributed by atoms with Gasteiger partial charge in [0, 0.05) is 113 Å². The minimum absolute atomic E-state index is 0. The smallest absolute Gasteiger partial charge is 0.410 e. The zero-order valence-corrected chi connectivity index (χ0v) is 49.1. The number of amides is 3. The van der Waals surface area contributed by atoms with Crippen LogP contribution in [0.3, 0.4) is 0 Å². The van der Waals surface area contributed by atoms with Crippen molar-refractivity contribution >= 4 is 87.5 Å². The van der Waals surface area contributed by atoms with E-state index in [0.29, 0.717) is 55.2 Å². The number of pyridine rings is 3. The van der Waals surface area contributed by atoms with Crippen molar-refractivity contribution in [3.05, 3.63) is 102 Å². The molecule has 0 atom stereocenters. The maximum absolute atomic E-state index is 13.0. The number of hydrogen-bond acceptors (Lipinski definition) is 16. The van der Waals surface area contributed by atoms with E-state index in [9.17, 15) is 27.6 Å². The zero-order valence-electron chi connectivity index (χ0n) is 48.3. The summed E-state index contributed by atoms with van der Waals surface area (Å²) in [4.78, 5) is 58.0. The van der Waals surface area contributed by atoms with Crippen LogP contribution in [0.2, 0.25) is 0 Å². The second-order valence-electron chi connectivity index (χ2n) is 22.5. The number of nitrogen functional groups attached to an aromatic ring is 2. The molecule has 0 saturated carbocycles. The lowest BCUT2D eigenvalue weighted by atomic mass is 10.00.